The first kappa shape index (κ1) is 14.0. The predicted molar refractivity (Wildman–Crippen MR) is 69.8 cm³/mol. The van der Waals surface area contributed by atoms with Crippen LogP contribution >= 0.6 is 0 Å². The molecule has 1 aliphatic rings. The Bertz CT molecular complexity index is 597. The van der Waals surface area contributed by atoms with Crippen LogP contribution in [0.5, 0.6) is 0 Å². The van der Waals surface area contributed by atoms with E-state index in [0.717, 1.165) is 0 Å². The largest absolute Gasteiger partial charge is 0.364 e. The van der Waals surface area contributed by atoms with Crippen LogP contribution in [0.2, 0.25) is 0 Å². The van der Waals surface area contributed by atoms with Gasteiger partial charge in [-0.15, -0.1) is 0 Å². The zero-order valence-electron chi connectivity index (χ0n) is 10.9. The second-order valence-corrected chi connectivity index (χ2v) is 6.94. The Morgan fingerprint density at radius 1 is 1.42 bits per heavy atom. The maximum atomic E-state index is 12.4. The van der Waals surface area contributed by atoms with Gasteiger partial charge in [-0.25, -0.2) is 8.42 Å². The summed E-state index contributed by atoms with van der Waals surface area (Å²) in [4.78, 5) is 11.2. The van der Waals surface area contributed by atoms with E-state index in [1.165, 1.54) is 21.1 Å². The van der Waals surface area contributed by atoms with Gasteiger partial charge in [-0.05, 0) is 12.0 Å². The fourth-order valence-electron chi connectivity index (χ4n) is 2.21. The smallest absolute Gasteiger partial charge is 0.265 e. The van der Waals surface area contributed by atoms with Crippen molar-refractivity contribution in [3.8, 4) is 0 Å². The summed E-state index contributed by atoms with van der Waals surface area (Å²) in [6, 6.07) is 1.14. The molecule has 1 aromatic heterocycles. The lowest BCUT2D eigenvalue weighted by Crippen LogP contribution is -2.32. The van der Waals surface area contributed by atoms with Gasteiger partial charge in [0, 0.05) is 32.4 Å². The van der Waals surface area contributed by atoms with Gasteiger partial charge in [-0.3, -0.25) is 4.79 Å². The SMILES string of the molecule is CC1CN(S(=O)(=O)c2cc(C(N)=O)n(C)c2)CC1N. The van der Waals surface area contributed by atoms with Gasteiger partial charge in [0.2, 0.25) is 10.0 Å². The van der Waals surface area contributed by atoms with Crippen molar-refractivity contribution in [1.82, 2.24) is 8.87 Å². The number of nitrogens with zero attached hydrogens (tertiary/aromatic N) is 2. The summed E-state index contributed by atoms with van der Waals surface area (Å²) in [5, 5.41) is 0. The van der Waals surface area contributed by atoms with Crippen LogP contribution in [0.3, 0.4) is 0 Å². The van der Waals surface area contributed by atoms with Crippen LogP contribution in [0, 0.1) is 5.92 Å². The van der Waals surface area contributed by atoms with Gasteiger partial charge in [0.05, 0.1) is 0 Å². The third-order valence-corrected chi connectivity index (χ3v) is 5.30. The van der Waals surface area contributed by atoms with Gasteiger partial charge in [-0.1, -0.05) is 6.92 Å². The van der Waals surface area contributed by atoms with Crippen LogP contribution < -0.4 is 11.5 Å². The number of hydrogen-bond donors (Lipinski definition) is 2. The lowest BCUT2D eigenvalue weighted by Gasteiger charge is -2.14. The second kappa shape index (κ2) is 4.62. The number of carbonyl (C=O) groups excluding carboxylic acids is 1. The zero-order chi connectivity index (χ0) is 14.4. The third kappa shape index (κ3) is 2.38. The molecule has 1 amide bonds. The average Bonchev–Trinajstić information content (AvgIpc) is 2.84. The van der Waals surface area contributed by atoms with Crippen molar-refractivity contribution in [2.75, 3.05) is 13.1 Å². The van der Waals surface area contributed by atoms with Crippen molar-refractivity contribution < 1.29 is 13.2 Å². The second-order valence-electron chi connectivity index (χ2n) is 5.00. The first-order valence-electron chi connectivity index (χ1n) is 5.95. The van der Waals surface area contributed by atoms with Crippen molar-refractivity contribution in [1.29, 1.82) is 0 Å². The summed E-state index contributed by atoms with van der Waals surface area (Å²) in [5.41, 5.74) is 11.2. The molecule has 106 valence electrons. The summed E-state index contributed by atoms with van der Waals surface area (Å²) in [6.45, 7) is 2.61. The van der Waals surface area contributed by atoms with Gasteiger partial charge < -0.3 is 16.0 Å². The molecule has 4 N–H and O–H groups in total. The first-order chi connectivity index (χ1) is 8.73. The van der Waals surface area contributed by atoms with Crippen molar-refractivity contribution in [3.63, 3.8) is 0 Å². The molecule has 19 heavy (non-hydrogen) atoms. The van der Waals surface area contributed by atoms with Crippen LogP contribution in [0.15, 0.2) is 17.2 Å². The normalized spacial score (nSPS) is 24.8. The number of nitrogens with two attached hydrogens (primary N) is 2. The van der Waals surface area contributed by atoms with Crippen molar-refractivity contribution in [3.05, 3.63) is 18.0 Å². The van der Waals surface area contributed by atoms with Crippen molar-refractivity contribution in [2.24, 2.45) is 24.4 Å². The summed E-state index contributed by atoms with van der Waals surface area (Å²) in [7, 11) is -2.03. The molecule has 0 radical (unpaired) electrons. The Hall–Kier alpha value is -1.38. The quantitative estimate of drug-likeness (QED) is 0.749. The lowest BCUT2D eigenvalue weighted by molar-refractivity contribution is 0.0992. The van der Waals surface area contributed by atoms with Gasteiger partial charge >= 0.3 is 0 Å². The summed E-state index contributed by atoms with van der Waals surface area (Å²) in [6.07, 6.45) is 1.39. The Morgan fingerprint density at radius 3 is 2.47 bits per heavy atom. The van der Waals surface area contributed by atoms with Crippen molar-refractivity contribution in [2.45, 2.75) is 17.9 Å². The molecule has 0 bridgehead atoms. The molecule has 1 fully saturated rings. The highest BCUT2D eigenvalue weighted by Crippen LogP contribution is 2.24. The maximum Gasteiger partial charge on any atom is 0.265 e. The predicted octanol–water partition coefficient (Wildman–Crippen LogP) is -0.908. The zero-order valence-corrected chi connectivity index (χ0v) is 11.7. The molecule has 0 aliphatic carbocycles. The van der Waals surface area contributed by atoms with Crippen LogP contribution in [0.1, 0.15) is 17.4 Å². The number of hydrogen-bond acceptors (Lipinski definition) is 4. The minimum Gasteiger partial charge on any atom is -0.364 e. The molecule has 2 rings (SSSR count). The summed E-state index contributed by atoms with van der Waals surface area (Å²) < 4.78 is 27.6. The average molecular weight is 286 g/mol. The number of carbonyl (C=O) groups is 1. The molecule has 1 aliphatic heterocycles. The van der Waals surface area contributed by atoms with E-state index < -0.39 is 15.9 Å². The molecule has 2 heterocycles. The van der Waals surface area contributed by atoms with E-state index in [-0.39, 0.29) is 22.5 Å². The fourth-order valence-corrected chi connectivity index (χ4v) is 3.86. The molecule has 1 aromatic rings. The molecule has 1 saturated heterocycles. The summed E-state index contributed by atoms with van der Waals surface area (Å²) in [5.74, 6) is -0.537. The number of aromatic nitrogens is 1. The van der Waals surface area contributed by atoms with E-state index in [0.29, 0.717) is 13.1 Å². The molecule has 8 heteroatoms. The Balaban J connectivity index is 2.35. The Labute approximate surface area is 112 Å². The highest BCUT2D eigenvalue weighted by molar-refractivity contribution is 7.89. The van der Waals surface area contributed by atoms with Crippen LogP contribution in [0.25, 0.3) is 0 Å². The van der Waals surface area contributed by atoms with E-state index in [9.17, 15) is 13.2 Å². The topological polar surface area (TPSA) is 111 Å². The number of primary amides is 1. The molecule has 7 nitrogen and oxygen atoms in total. The van der Waals surface area contributed by atoms with Gasteiger partial charge in [0.15, 0.2) is 0 Å². The number of sulfonamides is 1. The van der Waals surface area contributed by atoms with Gasteiger partial charge in [-0.2, -0.15) is 4.31 Å². The molecule has 0 saturated carbocycles. The Morgan fingerprint density at radius 2 is 2.05 bits per heavy atom. The number of aryl methyl sites for hydroxylation is 1. The lowest BCUT2D eigenvalue weighted by atomic mass is 10.1. The van der Waals surface area contributed by atoms with E-state index in [2.05, 4.69) is 0 Å². The van der Waals surface area contributed by atoms with E-state index in [1.807, 2.05) is 6.92 Å². The Kier molecular flexibility index (Phi) is 3.41. The summed E-state index contributed by atoms with van der Waals surface area (Å²) >= 11 is 0. The fraction of sp³-hybridized carbons (Fsp3) is 0.545. The number of rotatable bonds is 3. The van der Waals surface area contributed by atoms with E-state index in [4.69, 9.17) is 11.5 Å². The van der Waals surface area contributed by atoms with E-state index in [1.54, 1.807) is 7.05 Å². The first-order valence-corrected chi connectivity index (χ1v) is 7.39. The molecular formula is C11H18N4O3S. The van der Waals surface area contributed by atoms with Gasteiger partial charge in [0.1, 0.15) is 10.6 Å². The van der Waals surface area contributed by atoms with Gasteiger partial charge in [0.25, 0.3) is 5.91 Å². The highest BCUT2D eigenvalue weighted by atomic mass is 32.2. The number of amides is 1. The minimum atomic E-state index is -3.62. The molecule has 2 unspecified atom stereocenters. The molecule has 0 spiro atoms. The van der Waals surface area contributed by atoms with Crippen molar-refractivity contribution >= 4 is 15.9 Å². The van der Waals surface area contributed by atoms with E-state index >= 15 is 0 Å². The minimum absolute atomic E-state index is 0.0742. The highest BCUT2D eigenvalue weighted by Gasteiger charge is 2.36. The van der Waals surface area contributed by atoms with Crippen LogP contribution in [0.4, 0.5) is 0 Å². The maximum absolute atomic E-state index is 12.4. The molecule has 0 aromatic carbocycles. The van der Waals surface area contributed by atoms with Crippen LogP contribution in [-0.2, 0) is 17.1 Å². The third-order valence-electron chi connectivity index (χ3n) is 3.51. The standard InChI is InChI=1S/C11H18N4O3S/c1-7-4-15(6-9(7)12)19(17,18)8-3-10(11(13)16)14(2)5-8/h3,5,7,9H,4,6,12H2,1-2H3,(H2,13,16). The van der Waals surface area contributed by atoms with Crippen LogP contribution in [-0.4, -0.2) is 42.3 Å². The molecular weight excluding hydrogens is 268 g/mol. The molecule has 2 atom stereocenters. The monoisotopic (exact) mass is 286 g/mol.